The molecule has 1 aromatic carbocycles. The summed E-state index contributed by atoms with van der Waals surface area (Å²) in [6.07, 6.45) is -9.80. The molecule has 0 heterocycles. The number of aliphatic hydroxyl groups is 1. The summed E-state index contributed by atoms with van der Waals surface area (Å²) in [7, 11) is 0. The molecule has 0 aromatic heterocycles. The van der Waals surface area contributed by atoms with E-state index >= 15 is 0 Å². The molecule has 0 bridgehead atoms. The van der Waals surface area contributed by atoms with Gasteiger partial charge in [0.15, 0.2) is 0 Å². The van der Waals surface area contributed by atoms with Gasteiger partial charge in [-0.05, 0) is 18.2 Å². The van der Waals surface area contributed by atoms with Crippen LogP contribution < -0.4 is 0 Å². The Bertz CT molecular complexity index is 489. The van der Waals surface area contributed by atoms with Gasteiger partial charge in [0, 0.05) is 5.56 Å². The second-order valence-electron chi connectivity index (χ2n) is 3.22. The first-order valence-electron chi connectivity index (χ1n) is 4.54. The highest BCUT2D eigenvalue weighted by molar-refractivity contribution is 5.45. The van der Waals surface area contributed by atoms with Crippen LogP contribution in [0, 0.1) is 11.8 Å². The summed E-state index contributed by atoms with van der Waals surface area (Å²) in [5.74, 6) is 3.92. The summed E-state index contributed by atoms with van der Waals surface area (Å²) in [5, 5.41) is 8.37. The van der Waals surface area contributed by atoms with Gasteiger partial charge >= 0.3 is 12.4 Å². The van der Waals surface area contributed by atoms with Crippen molar-refractivity contribution in [2.45, 2.75) is 12.4 Å². The second kappa shape index (κ2) is 4.90. The minimum atomic E-state index is -4.94. The predicted molar refractivity (Wildman–Crippen MR) is 50.4 cm³/mol. The molecule has 18 heavy (non-hydrogen) atoms. The molecule has 0 radical (unpaired) electrons. The maximum atomic E-state index is 12.5. The topological polar surface area (TPSA) is 20.2 Å². The van der Waals surface area contributed by atoms with Crippen molar-refractivity contribution in [3.63, 3.8) is 0 Å². The Hall–Kier alpha value is -1.68. The Labute approximate surface area is 98.0 Å². The van der Waals surface area contributed by atoms with Gasteiger partial charge in [-0.3, -0.25) is 0 Å². The fourth-order valence-electron chi connectivity index (χ4n) is 1.20. The molecule has 1 N–H and O–H groups in total. The molecule has 0 amide bonds. The third-order valence-corrected chi connectivity index (χ3v) is 1.95. The molecule has 0 aliphatic heterocycles. The van der Waals surface area contributed by atoms with Crippen LogP contribution in [0.5, 0.6) is 0 Å². The molecule has 1 nitrogen and oxygen atoms in total. The Morgan fingerprint density at radius 1 is 1.00 bits per heavy atom. The minimum Gasteiger partial charge on any atom is -0.384 e. The quantitative estimate of drug-likeness (QED) is 0.566. The van der Waals surface area contributed by atoms with Crippen molar-refractivity contribution in [2.75, 3.05) is 6.61 Å². The van der Waals surface area contributed by atoms with E-state index in [-0.39, 0.29) is 6.07 Å². The van der Waals surface area contributed by atoms with Gasteiger partial charge in [0.2, 0.25) is 0 Å². The molecule has 0 unspecified atom stereocenters. The van der Waals surface area contributed by atoms with E-state index in [2.05, 4.69) is 0 Å². The first-order valence-corrected chi connectivity index (χ1v) is 4.54. The smallest absolute Gasteiger partial charge is 0.384 e. The Morgan fingerprint density at radius 2 is 1.61 bits per heavy atom. The first kappa shape index (κ1) is 14.4. The van der Waals surface area contributed by atoms with Crippen molar-refractivity contribution in [1.82, 2.24) is 0 Å². The number of rotatable bonds is 0. The van der Waals surface area contributed by atoms with E-state index in [4.69, 9.17) is 5.11 Å². The number of benzene rings is 1. The summed E-state index contributed by atoms with van der Waals surface area (Å²) in [6, 6.07) is 1.15. The summed E-state index contributed by atoms with van der Waals surface area (Å²) >= 11 is 0. The molecule has 0 fully saturated rings. The molecule has 0 atom stereocenters. The van der Waals surface area contributed by atoms with Crippen LogP contribution in [-0.4, -0.2) is 11.7 Å². The van der Waals surface area contributed by atoms with E-state index in [1.165, 1.54) is 0 Å². The fourth-order valence-corrected chi connectivity index (χ4v) is 1.20. The van der Waals surface area contributed by atoms with Crippen LogP contribution in [0.1, 0.15) is 16.7 Å². The lowest BCUT2D eigenvalue weighted by Gasteiger charge is -2.13. The van der Waals surface area contributed by atoms with Gasteiger partial charge in [0.1, 0.15) is 6.61 Å². The Kier molecular flexibility index (Phi) is 3.92. The Balaban J connectivity index is 3.39. The van der Waals surface area contributed by atoms with Gasteiger partial charge in [-0.15, -0.1) is 0 Å². The van der Waals surface area contributed by atoms with E-state index in [9.17, 15) is 26.3 Å². The molecule has 1 rings (SSSR count). The zero-order valence-corrected chi connectivity index (χ0v) is 8.65. The van der Waals surface area contributed by atoms with Crippen molar-refractivity contribution in [3.05, 3.63) is 34.9 Å². The van der Waals surface area contributed by atoms with E-state index in [1.807, 2.05) is 11.8 Å². The monoisotopic (exact) mass is 268 g/mol. The molecule has 1 aromatic rings. The summed E-state index contributed by atoms with van der Waals surface area (Å²) < 4.78 is 74.5. The second-order valence-corrected chi connectivity index (χ2v) is 3.22. The van der Waals surface area contributed by atoms with Crippen LogP contribution >= 0.6 is 0 Å². The van der Waals surface area contributed by atoms with Crippen molar-refractivity contribution in [3.8, 4) is 11.8 Å². The molecule has 0 saturated carbocycles. The first-order chi connectivity index (χ1) is 8.16. The largest absolute Gasteiger partial charge is 0.417 e. The zero-order chi connectivity index (χ0) is 14.0. The van der Waals surface area contributed by atoms with Gasteiger partial charge in [0.25, 0.3) is 0 Å². The number of alkyl halides is 6. The number of aliphatic hydroxyl groups excluding tert-OH is 1. The lowest BCUT2D eigenvalue weighted by molar-refractivity contribution is -0.143. The molecule has 0 aliphatic carbocycles. The van der Waals surface area contributed by atoms with Crippen molar-refractivity contribution in [1.29, 1.82) is 0 Å². The average molecular weight is 268 g/mol. The summed E-state index contributed by atoms with van der Waals surface area (Å²) in [5.41, 5.74) is -3.48. The molecule has 7 heteroatoms. The van der Waals surface area contributed by atoms with E-state index in [0.717, 1.165) is 0 Å². The van der Waals surface area contributed by atoms with Crippen LogP contribution in [0.4, 0.5) is 26.3 Å². The van der Waals surface area contributed by atoms with Crippen LogP contribution in [0.25, 0.3) is 0 Å². The predicted octanol–water partition coefficient (Wildman–Crippen LogP) is 3.07. The summed E-state index contributed by atoms with van der Waals surface area (Å²) in [4.78, 5) is 0. The van der Waals surface area contributed by atoms with Crippen molar-refractivity contribution in [2.24, 2.45) is 0 Å². The highest BCUT2D eigenvalue weighted by atomic mass is 19.4. The van der Waals surface area contributed by atoms with E-state index in [0.29, 0.717) is 12.1 Å². The van der Waals surface area contributed by atoms with Crippen LogP contribution in [0.15, 0.2) is 18.2 Å². The van der Waals surface area contributed by atoms with Gasteiger partial charge < -0.3 is 5.11 Å². The van der Waals surface area contributed by atoms with Crippen molar-refractivity contribution < 1.29 is 31.4 Å². The molecule has 98 valence electrons. The molecular weight excluding hydrogens is 262 g/mol. The third-order valence-electron chi connectivity index (χ3n) is 1.95. The fraction of sp³-hybridized carbons (Fsp3) is 0.273. The maximum absolute atomic E-state index is 12.5. The van der Waals surface area contributed by atoms with Gasteiger partial charge in [-0.25, -0.2) is 0 Å². The van der Waals surface area contributed by atoms with E-state index < -0.39 is 35.6 Å². The lowest BCUT2D eigenvalue weighted by atomic mass is 10.0. The molecular formula is C11H6F6O. The molecule has 0 spiro atoms. The van der Waals surface area contributed by atoms with Gasteiger partial charge in [0.05, 0.1) is 11.1 Å². The lowest BCUT2D eigenvalue weighted by Crippen LogP contribution is -2.12. The van der Waals surface area contributed by atoms with Crippen LogP contribution in [-0.2, 0) is 12.4 Å². The normalized spacial score (nSPS) is 11.9. The Morgan fingerprint density at radius 3 is 2.06 bits per heavy atom. The van der Waals surface area contributed by atoms with Crippen molar-refractivity contribution >= 4 is 0 Å². The number of hydrogen-bond acceptors (Lipinski definition) is 1. The van der Waals surface area contributed by atoms with Crippen LogP contribution in [0.2, 0.25) is 0 Å². The number of halogens is 6. The molecule has 0 aliphatic rings. The zero-order valence-electron chi connectivity index (χ0n) is 8.65. The highest BCUT2D eigenvalue weighted by Gasteiger charge is 2.37. The van der Waals surface area contributed by atoms with Crippen LogP contribution in [0.3, 0.4) is 0 Å². The molecule has 0 saturated heterocycles. The average Bonchev–Trinajstić information content (AvgIpc) is 2.23. The highest BCUT2D eigenvalue weighted by Crippen LogP contribution is 2.36. The third kappa shape index (κ3) is 3.40. The summed E-state index contributed by atoms with van der Waals surface area (Å²) in [6.45, 7) is -0.682. The van der Waals surface area contributed by atoms with Gasteiger partial charge in [-0.2, -0.15) is 26.3 Å². The van der Waals surface area contributed by atoms with E-state index in [1.54, 1.807) is 0 Å². The minimum absolute atomic E-state index is 0.00138. The maximum Gasteiger partial charge on any atom is 0.417 e. The SMILES string of the molecule is OCC#Cc1ccc(C(F)(F)F)cc1C(F)(F)F. The number of hydrogen-bond donors (Lipinski definition) is 1. The standard InChI is InChI=1S/C11H6F6O/c12-10(13,14)8-4-3-7(2-1-5-18)9(6-8)11(15,16)17/h3-4,6,18H,5H2. The van der Waals surface area contributed by atoms with Gasteiger partial charge in [-0.1, -0.05) is 11.8 Å².